The number of nitrogens with zero attached hydrogens (tertiary/aromatic N) is 2. The van der Waals surface area contributed by atoms with E-state index < -0.39 is 0 Å². The topological polar surface area (TPSA) is 48.8 Å². The van der Waals surface area contributed by atoms with Crippen LogP contribution in [0.1, 0.15) is 69.4 Å². The van der Waals surface area contributed by atoms with Gasteiger partial charge in [0.05, 0.1) is 10.9 Å². The van der Waals surface area contributed by atoms with Gasteiger partial charge in [-0.05, 0) is 86.0 Å². The number of benzene rings is 1. The fraction of sp³-hybridized carbons (Fsp3) is 0.333. The van der Waals surface area contributed by atoms with Crippen LogP contribution in [0.3, 0.4) is 0 Å². The summed E-state index contributed by atoms with van der Waals surface area (Å²) in [6.45, 7) is 10.7. The molecule has 0 radical (unpaired) electrons. The molecule has 6 rings (SSSR count). The Kier molecular flexibility index (Phi) is 7.70. The minimum absolute atomic E-state index is 0.0206. The lowest BCUT2D eigenvalue weighted by Gasteiger charge is -2.22. The number of nitrogens with one attached hydrogen (secondary N) is 2. The van der Waals surface area contributed by atoms with Crippen LogP contribution in [0.2, 0.25) is 0 Å². The molecule has 4 heterocycles. The number of rotatable bonds is 4. The van der Waals surface area contributed by atoms with Gasteiger partial charge in [0.25, 0.3) is 0 Å². The molecule has 2 aliphatic heterocycles. The Labute approximate surface area is 232 Å². The molecule has 1 aromatic carbocycles. The summed E-state index contributed by atoms with van der Waals surface area (Å²) in [4.78, 5) is 12.2. The summed E-state index contributed by atoms with van der Waals surface area (Å²) in [6.07, 6.45) is 6.51. The van der Waals surface area contributed by atoms with Crippen LogP contribution in [0.15, 0.2) is 68.5 Å². The molecule has 0 amide bonds. The van der Waals surface area contributed by atoms with Crippen molar-refractivity contribution in [2.24, 2.45) is 15.9 Å². The Morgan fingerprint density at radius 1 is 0.784 bits per heavy atom. The maximum Gasteiger partial charge on any atom is 0.123 e. The van der Waals surface area contributed by atoms with Crippen LogP contribution in [0.5, 0.6) is 0 Å². The van der Waals surface area contributed by atoms with Gasteiger partial charge in [0.1, 0.15) is 17.9 Å². The van der Waals surface area contributed by atoms with E-state index in [4.69, 9.17) is 21.6 Å². The SMILES string of the molecule is CC1=NC(c2scc(C)c2C)C(c2ccccc2)=CN1.Cc1csc(C2N=C(C3CC3)NC=C2Cl)c1C. The maximum absolute atomic E-state index is 6.29. The van der Waals surface area contributed by atoms with Crippen molar-refractivity contribution in [3.05, 3.63) is 96.1 Å². The molecule has 0 saturated heterocycles. The molecule has 0 bridgehead atoms. The average Bonchev–Trinajstić information content (AvgIpc) is 3.63. The van der Waals surface area contributed by atoms with Crippen molar-refractivity contribution in [1.29, 1.82) is 0 Å². The summed E-state index contributed by atoms with van der Waals surface area (Å²) in [5.41, 5.74) is 7.83. The van der Waals surface area contributed by atoms with E-state index >= 15 is 0 Å². The molecule has 7 heteroatoms. The molecule has 37 heavy (non-hydrogen) atoms. The van der Waals surface area contributed by atoms with Crippen LogP contribution in [0.25, 0.3) is 5.57 Å². The van der Waals surface area contributed by atoms with Crippen LogP contribution in [-0.4, -0.2) is 11.7 Å². The highest BCUT2D eigenvalue weighted by Crippen LogP contribution is 2.41. The highest BCUT2D eigenvalue weighted by molar-refractivity contribution is 7.10. The third kappa shape index (κ3) is 5.62. The number of amidine groups is 2. The van der Waals surface area contributed by atoms with Crippen LogP contribution >= 0.6 is 34.3 Å². The summed E-state index contributed by atoms with van der Waals surface area (Å²) in [5, 5.41) is 11.7. The lowest BCUT2D eigenvalue weighted by atomic mass is 9.95. The van der Waals surface area contributed by atoms with E-state index in [9.17, 15) is 0 Å². The predicted octanol–water partition coefficient (Wildman–Crippen LogP) is 8.37. The summed E-state index contributed by atoms with van der Waals surface area (Å²) in [5.74, 6) is 2.73. The van der Waals surface area contributed by atoms with Crippen molar-refractivity contribution in [2.75, 3.05) is 0 Å². The second kappa shape index (κ2) is 11.0. The lowest BCUT2D eigenvalue weighted by Crippen LogP contribution is -2.25. The number of aryl methyl sites for hydroxylation is 2. The predicted molar refractivity (Wildman–Crippen MR) is 161 cm³/mol. The van der Waals surface area contributed by atoms with Crippen molar-refractivity contribution in [2.45, 2.75) is 59.5 Å². The lowest BCUT2D eigenvalue weighted by molar-refractivity contribution is 0.839. The molecule has 1 aliphatic carbocycles. The maximum atomic E-state index is 6.29. The monoisotopic (exact) mass is 548 g/mol. The van der Waals surface area contributed by atoms with Gasteiger partial charge in [0, 0.05) is 33.6 Å². The Bertz CT molecular complexity index is 1410. The second-order valence-corrected chi connectivity index (χ2v) is 12.2. The highest BCUT2D eigenvalue weighted by Gasteiger charge is 2.32. The van der Waals surface area contributed by atoms with E-state index in [1.807, 2.05) is 30.5 Å². The normalized spacial score (nSPS) is 20.9. The molecule has 2 unspecified atom stereocenters. The van der Waals surface area contributed by atoms with E-state index in [0.717, 1.165) is 16.7 Å². The quantitative estimate of drug-likeness (QED) is 0.344. The first-order chi connectivity index (χ1) is 17.8. The van der Waals surface area contributed by atoms with E-state index in [1.165, 1.54) is 56.0 Å². The van der Waals surface area contributed by atoms with E-state index in [-0.39, 0.29) is 12.1 Å². The molecular weight excluding hydrogens is 516 g/mol. The van der Waals surface area contributed by atoms with E-state index in [1.54, 1.807) is 11.3 Å². The largest absolute Gasteiger partial charge is 0.350 e. The van der Waals surface area contributed by atoms with Crippen LogP contribution in [0.4, 0.5) is 0 Å². The molecule has 4 nitrogen and oxygen atoms in total. The minimum Gasteiger partial charge on any atom is -0.350 e. The van der Waals surface area contributed by atoms with Crippen LogP contribution < -0.4 is 10.6 Å². The Morgan fingerprint density at radius 3 is 1.97 bits per heavy atom. The first-order valence-corrected chi connectivity index (χ1v) is 14.8. The number of hydrogen-bond donors (Lipinski definition) is 2. The van der Waals surface area contributed by atoms with Gasteiger partial charge in [0.15, 0.2) is 0 Å². The van der Waals surface area contributed by atoms with E-state index in [2.05, 4.69) is 79.6 Å². The highest BCUT2D eigenvalue weighted by atomic mass is 35.5. The van der Waals surface area contributed by atoms with Gasteiger partial charge in [0.2, 0.25) is 0 Å². The summed E-state index contributed by atoms with van der Waals surface area (Å²) in [7, 11) is 0. The van der Waals surface area contributed by atoms with Crippen molar-refractivity contribution < 1.29 is 0 Å². The number of aliphatic imine (C=N–C) groups is 2. The minimum atomic E-state index is 0.0206. The van der Waals surface area contributed by atoms with Crippen molar-refractivity contribution in [3.8, 4) is 0 Å². The first kappa shape index (κ1) is 26.0. The summed E-state index contributed by atoms with van der Waals surface area (Å²) < 4.78 is 0. The molecule has 0 spiro atoms. The standard InChI is InChI=1S/C17H18N2S.C13H15ClN2S/c1-11-10-20-17(12(11)2)16-15(9-18-13(3)19-16)14-7-5-4-6-8-14;1-7-6-17-12(8(7)2)11-10(14)5-15-13(16-11)9-3-4-9/h4-10,16H,1-3H3,(H,18,19);5-6,9,11H,3-4H2,1-2H3,(H,15,16). The first-order valence-electron chi connectivity index (χ1n) is 12.7. The number of hydrogen-bond acceptors (Lipinski definition) is 6. The fourth-order valence-electron chi connectivity index (χ4n) is 4.44. The van der Waals surface area contributed by atoms with Crippen molar-refractivity contribution >= 4 is 51.5 Å². The molecule has 3 aliphatic rings. The Balaban J connectivity index is 0.000000153. The van der Waals surface area contributed by atoms with Crippen molar-refractivity contribution in [1.82, 2.24) is 10.6 Å². The van der Waals surface area contributed by atoms with Crippen LogP contribution in [0, 0.1) is 33.6 Å². The summed E-state index contributed by atoms with van der Waals surface area (Å²) in [6, 6.07) is 10.6. The Hall–Kier alpha value is -2.67. The molecule has 2 N–H and O–H groups in total. The van der Waals surface area contributed by atoms with Gasteiger partial charge in [-0.15, -0.1) is 22.7 Å². The molecule has 2 atom stereocenters. The number of thiophene rings is 2. The van der Waals surface area contributed by atoms with Gasteiger partial charge < -0.3 is 10.6 Å². The van der Waals surface area contributed by atoms with E-state index in [0.29, 0.717) is 5.92 Å². The van der Waals surface area contributed by atoms with Gasteiger partial charge >= 0.3 is 0 Å². The van der Waals surface area contributed by atoms with Gasteiger partial charge in [-0.1, -0.05) is 41.9 Å². The molecule has 3 aromatic rings. The third-order valence-electron chi connectivity index (χ3n) is 7.16. The van der Waals surface area contributed by atoms with Crippen LogP contribution in [-0.2, 0) is 0 Å². The molecule has 1 saturated carbocycles. The zero-order chi connectivity index (χ0) is 26.1. The smallest absolute Gasteiger partial charge is 0.123 e. The van der Waals surface area contributed by atoms with Gasteiger partial charge in [-0.25, -0.2) is 0 Å². The zero-order valence-electron chi connectivity index (χ0n) is 21.9. The van der Waals surface area contributed by atoms with Gasteiger partial charge in [-0.2, -0.15) is 0 Å². The zero-order valence-corrected chi connectivity index (χ0v) is 24.3. The van der Waals surface area contributed by atoms with Gasteiger partial charge in [-0.3, -0.25) is 9.98 Å². The molecule has 1 fully saturated rings. The summed E-state index contributed by atoms with van der Waals surface area (Å²) >= 11 is 9.85. The fourth-order valence-corrected chi connectivity index (χ4v) is 6.97. The van der Waals surface area contributed by atoms with Crippen molar-refractivity contribution in [3.63, 3.8) is 0 Å². The molecule has 192 valence electrons. The molecule has 2 aromatic heterocycles. The third-order valence-corrected chi connectivity index (χ3v) is 9.98. The molecular formula is C30H33ClN4S2. The second-order valence-electron chi connectivity index (χ2n) is 9.91. The average molecular weight is 549 g/mol. The Morgan fingerprint density at radius 2 is 1.41 bits per heavy atom. The number of halogens is 1.